The molecule has 3 N–H and O–H groups in total. The predicted octanol–water partition coefficient (Wildman–Crippen LogP) is 5.40. The van der Waals surface area contributed by atoms with E-state index in [9.17, 15) is 4.79 Å². The molecule has 1 amide bonds. The summed E-state index contributed by atoms with van der Waals surface area (Å²) < 4.78 is 11.5. The molecule has 2 aromatic carbocycles. The fraction of sp³-hybridized carbons (Fsp3) is 0.273. The van der Waals surface area contributed by atoms with Gasteiger partial charge in [-0.25, -0.2) is 0 Å². The largest absolute Gasteiger partial charge is 0.494 e. The van der Waals surface area contributed by atoms with Gasteiger partial charge in [0.15, 0.2) is 0 Å². The van der Waals surface area contributed by atoms with Crippen LogP contribution in [0.3, 0.4) is 0 Å². The summed E-state index contributed by atoms with van der Waals surface area (Å²) in [5.74, 6) is 1.79. The van der Waals surface area contributed by atoms with Crippen LogP contribution in [0.4, 0.5) is 11.4 Å². The lowest BCUT2D eigenvalue weighted by Gasteiger charge is -2.16. The lowest BCUT2D eigenvalue weighted by Crippen LogP contribution is -2.20. The van der Waals surface area contributed by atoms with Crippen molar-refractivity contribution in [3.8, 4) is 17.2 Å². The number of nitrogen functional groups attached to an aromatic ring is 1. The van der Waals surface area contributed by atoms with Crippen molar-refractivity contribution >= 4 is 39.8 Å². The molecule has 4 rings (SSSR count). The van der Waals surface area contributed by atoms with Gasteiger partial charge in [-0.3, -0.25) is 9.78 Å². The molecule has 3 aromatic rings. The molecule has 1 aliphatic carbocycles. The van der Waals surface area contributed by atoms with Crippen molar-refractivity contribution in [3.05, 3.63) is 47.6 Å². The topological polar surface area (TPSA) is 86.5 Å². The van der Waals surface area contributed by atoms with Crippen molar-refractivity contribution in [3.63, 3.8) is 0 Å². The Labute approximate surface area is 174 Å². The van der Waals surface area contributed by atoms with Gasteiger partial charge in [-0.05, 0) is 37.1 Å². The minimum absolute atomic E-state index is 0.0248. The molecular formula is C22H22ClN3O3. The van der Waals surface area contributed by atoms with E-state index >= 15 is 0 Å². The quantitative estimate of drug-likeness (QED) is 0.549. The summed E-state index contributed by atoms with van der Waals surface area (Å²) in [7, 11) is 1.57. The molecule has 1 saturated carbocycles. The molecule has 0 saturated heterocycles. The Kier molecular flexibility index (Phi) is 5.45. The Morgan fingerprint density at radius 3 is 2.69 bits per heavy atom. The first-order valence-electron chi connectivity index (χ1n) is 9.55. The van der Waals surface area contributed by atoms with E-state index in [1.165, 1.54) is 0 Å². The summed E-state index contributed by atoms with van der Waals surface area (Å²) in [6.07, 6.45) is 5.70. The number of methoxy groups -OCH3 is 1. The van der Waals surface area contributed by atoms with Crippen LogP contribution in [0, 0.1) is 5.92 Å². The molecule has 0 bridgehead atoms. The maximum atomic E-state index is 12.6. The van der Waals surface area contributed by atoms with Crippen molar-refractivity contribution in [2.45, 2.75) is 25.7 Å². The molecule has 1 aliphatic rings. The summed E-state index contributed by atoms with van der Waals surface area (Å²) in [5, 5.41) is 4.19. The van der Waals surface area contributed by atoms with Crippen LogP contribution in [0.1, 0.15) is 25.7 Å². The Morgan fingerprint density at radius 1 is 1.17 bits per heavy atom. The molecule has 0 aliphatic heterocycles. The molecule has 29 heavy (non-hydrogen) atoms. The Balaban J connectivity index is 1.70. The number of benzene rings is 2. The minimum Gasteiger partial charge on any atom is -0.494 e. The standard InChI is InChI=1S/C22H22ClN3O3/c1-28-21-12-18-15(11-19(21)26-22(27)13-4-2-3-5-13)20(8-9-25-18)29-14-6-7-17(24)16(23)10-14/h6-13H,2-5,24H2,1H3,(H,26,27). The van der Waals surface area contributed by atoms with E-state index in [1.54, 1.807) is 43.6 Å². The fourth-order valence-electron chi connectivity index (χ4n) is 3.62. The van der Waals surface area contributed by atoms with E-state index in [-0.39, 0.29) is 11.8 Å². The summed E-state index contributed by atoms with van der Waals surface area (Å²) in [4.78, 5) is 17.0. The monoisotopic (exact) mass is 411 g/mol. The van der Waals surface area contributed by atoms with Crippen LogP contribution < -0.4 is 20.5 Å². The van der Waals surface area contributed by atoms with Crippen molar-refractivity contribution in [2.24, 2.45) is 5.92 Å². The van der Waals surface area contributed by atoms with E-state index in [1.807, 2.05) is 6.07 Å². The number of rotatable bonds is 5. The number of carbonyl (C=O) groups excluding carboxylic acids is 1. The number of hydrogen-bond acceptors (Lipinski definition) is 5. The van der Waals surface area contributed by atoms with Gasteiger partial charge in [-0.15, -0.1) is 0 Å². The SMILES string of the molecule is COc1cc2nccc(Oc3ccc(N)c(Cl)c3)c2cc1NC(=O)C1CCCC1. The highest BCUT2D eigenvalue weighted by atomic mass is 35.5. The molecule has 7 heteroatoms. The van der Waals surface area contributed by atoms with Gasteiger partial charge in [0.05, 0.1) is 29.0 Å². The van der Waals surface area contributed by atoms with Crippen molar-refractivity contribution in [2.75, 3.05) is 18.2 Å². The second-order valence-corrected chi connectivity index (χ2v) is 7.54. The van der Waals surface area contributed by atoms with Gasteiger partial charge < -0.3 is 20.5 Å². The molecule has 0 spiro atoms. The van der Waals surface area contributed by atoms with Crippen LogP contribution in [-0.2, 0) is 4.79 Å². The number of nitrogens with one attached hydrogen (secondary N) is 1. The number of aromatic nitrogens is 1. The second-order valence-electron chi connectivity index (χ2n) is 7.13. The Bertz CT molecular complexity index is 1060. The fourth-order valence-corrected chi connectivity index (χ4v) is 3.80. The van der Waals surface area contributed by atoms with Gasteiger partial charge in [0.1, 0.15) is 17.2 Å². The Hall–Kier alpha value is -2.99. The van der Waals surface area contributed by atoms with Crippen LogP contribution >= 0.6 is 11.6 Å². The van der Waals surface area contributed by atoms with Gasteiger partial charge in [0, 0.05) is 29.6 Å². The summed E-state index contributed by atoms with van der Waals surface area (Å²) >= 11 is 6.10. The van der Waals surface area contributed by atoms with Gasteiger partial charge in [0.25, 0.3) is 0 Å². The third-order valence-electron chi connectivity index (χ3n) is 5.21. The zero-order valence-corrected chi connectivity index (χ0v) is 16.8. The smallest absolute Gasteiger partial charge is 0.227 e. The highest BCUT2D eigenvalue weighted by Crippen LogP contribution is 2.37. The first-order chi connectivity index (χ1) is 14.0. The van der Waals surface area contributed by atoms with Gasteiger partial charge in [0.2, 0.25) is 5.91 Å². The van der Waals surface area contributed by atoms with Crippen LogP contribution in [0.2, 0.25) is 5.02 Å². The van der Waals surface area contributed by atoms with Crippen LogP contribution in [0.25, 0.3) is 10.9 Å². The van der Waals surface area contributed by atoms with E-state index in [0.717, 1.165) is 31.1 Å². The maximum Gasteiger partial charge on any atom is 0.227 e. The normalized spacial score (nSPS) is 14.1. The lowest BCUT2D eigenvalue weighted by atomic mass is 10.1. The maximum absolute atomic E-state index is 12.6. The lowest BCUT2D eigenvalue weighted by molar-refractivity contribution is -0.119. The van der Waals surface area contributed by atoms with E-state index < -0.39 is 0 Å². The number of anilines is 2. The number of ether oxygens (including phenoxy) is 2. The van der Waals surface area contributed by atoms with Crippen LogP contribution in [0.15, 0.2) is 42.6 Å². The van der Waals surface area contributed by atoms with Gasteiger partial charge in [-0.1, -0.05) is 24.4 Å². The molecule has 0 radical (unpaired) electrons. The molecule has 0 atom stereocenters. The number of nitrogens with zero attached hydrogens (tertiary/aromatic N) is 1. The highest BCUT2D eigenvalue weighted by molar-refractivity contribution is 6.33. The number of nitrogens with two attached hydrogens (primary N) is 1. The average molecular weight is 412 g/mol. The molecule has 0 unspecified atom stereocenters. The summed E-state index contributed by atoms with van der Waals surface area (Å²) in [6, 6.07) is 10.5. The van der Waals surface area contributed by atoms with Crippen LogP contribution in [-0.4, -0.2) is 18.0 Å². The number of fused-ring (bicyclic) bond motifs is 1. The zero-order chi connectivity index (χ0) is 20.4. The first kappa shape index (κ1) is 19.3. The van der Waals surface area contributed by atoms with Crippen molar-refractivity contribution < 1.29 is 14.3 Å². The molecule has 6 nitrogen and oxygen atoms in total. The number of halogens is 1. The molecular weight excluding hydrogens is 390 g/mol. The number of hydrogen-bond donors (Lipinski definition) is 2. The van der Waals surface area contributed by atoms with E-state index in [4.69, 9.17) is 26.8 Å². The third-order valence-corrected chi connectivity index (χ3v) is 5.53. The third kappa shape index (κ3) is 4.07. The highest BCUT2D eigenvalue weighted by Gasteiger charge is 2.24. The average Bonchev–Trinajstić information content (AvgIpc) is 3.26. The summed E-state index contributed by atoms with van der Waals surface area (Å²) in [6.45, 7) is 0. The van der Waals surface area contributed by atoms with Crippen molar-refractivity contribution in [1.29, 1.82) is 0 Å². The van der Waals surface area contributed by atoms with E-state index in [0.29, 0.717) is 39.2 Å². The van der Waals surface area contributed by atoms with Crippen molar-refractivity contribution in [1.82, 2.24) is 4.98 Å². The Morgan fingerprint density at radius 2 is 1.97 bits per heavy atom. The first-order valence-corrected chi connectivity index (χ1v) is 9.93. The van der Waals surface area contributed by atoms with Gasteiger partial charge in [-0.2, -0.15) is 0 Å². The number of carbonyl (C=O) groups is 1. The van der Waals surface area contributed by atoms with E-state index in [2.05, 4.69) is 10.3 Å². The molecule has 150 valence electrons. The molecule has 1 heterocycles. The van der Waals surface area contributed by atoms with Gasteiger partial charge >= 0.3 is 0 Å². The molecule has 1 fully saturated rings. The minimum atomic E-state index is 0.0248. The van der Waals surface area contributed by atoms with Crippen LogP contribution in [0.5, 0.6) is 17.2 Å². The molecule has 1 aromatic heterocycles. The number of amides is 1. The second kappa shape index (κ2) is 8.17. The zero-order valence-electron chi connectivity index (χ0n) is 16.1. The summed E-state index contributed by atoms with van der Waals surface area (Å²) in [5.41, 5.74) is 7.55. The number of pyridine rings is 1. The predicted molar refractivity (Wildman–Crippen MR) is 115 cm³/mol.